The van der Waals surface area contributed by atoms with Gasteiger partial charge in [0.1, 0.15) is 0 Å². The molecule has 1 amide bonds. The quantitative estimate of drug-likeness (QED) is 0.491. The number of amides is 1. The van der Waals surface area contributed by atoms with Gasteiger partial charge in [-0.05, 0) is 35.8 Å². The van der Waals surface area contributed by atoms with Crippen LogP contribution in [0.15, 0.2) is 70.6 Å². The number of allylic oxidation sites excluding steroid dienone is 2. The minimum Gasteiger partial charge on any atom is -0.268 e. The molecule has 3 rings (SSSR count). The first-order chi connectivity index (χ1) is 12.1. The van der Waals surface area contributed by atoms with Crippen molar-refractivity contribution in [3.8, 4) is 0 Å². The maximum Gasteiger partial charge on any atom is 0.270 e. The number of aryl methyl sites for hydroxylation is 1. The number of rotatable bonds is 4. The molecule has 0 spiro atoms. The van der Waals surface area contributed by atoms with E-state index in [9.17, 15) is 4.79 Å². The van der Waals surface area contributed by atoms with Gasteiger partial charge in [0.25, 0.3) is 5.91 Å². The molecule has 0 radical (unpaired) electrons. The molecule has 2 aromatic rings. The Morgan fingerprint density at radius 1 is 1.16 bits per heavy atom. The minimum absolute atomic E-state index is 0.129. The van der Waals surface area contributed by atoms with Crippen molar-refractivity contribution < 1.29 is 4.79 Å². The summed E-state index contributed by atoms with van der Waals surface area (Å²) in [5.41, 5.74) is 2.92. The molecule has 25 heavy (non-hydrogen) atoms. The number of carbonyl (C=O) groups is 1. The van der Waals surface area contributed by atoms with Crippen molar-refractivity contribution in [3.63, 3.8) is 0 Å². The van der Waals surface area contributed by atoms with Gasteiger partial charge in [-0.3, -0.25) is 9.69 Å². The van der Waals surface area contributed by atoms with Gasteiger partial charge < -0.3 is 0 Å². The fourth-order valence-corrected chi connectivity index (χ4v) is 4.15. The second-order valence-electron chi connectivity index (χ2n) is 5.44. The van der Waals surface area contributed by atoms with Crippen molar-refractivity contribution >= 4 is 57.6 Å². The van der Waals surface area contributed by atoms with Gasteiger partial charge in [-0.15, -0.1) is 0 Å². The summed E-state index contributed by atoms with van der Waals surface area (Å²) < 4.78 is 0.529. The zero-order valence-corrected chi connectivity index (χ0v) is 16.0. The van der Waals surface area contributed by atoms with Gasteiger partial charge in [0.2, 0.25) is 0 Å². The van der Waals surface area contributed by atoms with E-state index in [-0.39, 0.29) is 5.91 Å². The molecule has 0 aromatic heterocycles. The Morgan fingerprint density at radius 2 is 1.84 bits per heavy atom. The Labute approximate surface area is 162 Å². The molecule has 1 saturated heterocycles. The summed E-state index contributed by atoms with van der Waals surface area (Å²) in [6.07, 6.45) is 4.34. The highest BCUT2D eigenvalue weighted by Gasteiger charge is 2.34. The molecule has 0 unspecified atom stereocenters. The summed E-state index contributed by atoms with van der Waals surface area (Å²) in [4.78, 5) is 15.0. The summed E-state index contributed by atoms with van der Waals surface area (Å²) in [5.74, 6) is -0.129. The third kappa shape index (κ3) is 4.03. The molecule has 1 aliphatic rings. The van der Waals surface area contributed by atoms with Gasteiger partial charge in [-0.2, -0.15) is 0 Å². The Balaban J connectivity index is 1.90. The second kappa shape index (κ2) is 8.00. The molecule has 0 N–H and O–H groups in total. The van der Waals surface area contributed by atoms with E-state index in [2.05, 4.69) is 6.92 Å². The summed E-state index contributed by atoms with van der Waals surface area (Å²) in [6.45, 7) is 2.06. The first kappa shape index (κ1) is 17.9. The first-order valence-corrected chi connectivity index (χ1v) is 9.48. The molecule has 0 bridgehead atoms. The summed E-state index contributed by atoms with van der Waals surface area (Å²) in [5, 5.41) is 0.496. The van der Waals surface area contributed by atoms with Crippen LogP contribution in [0.3, 0.4) is 0 Å². The van der Waals surface area contributed by atoms with Crippen LogP contribution >= 0.6 is 35.6 Å². The van der Waals surface area contributed by atoms with Gasteiger partial charge >= 0.3 is 0 Å². The van der Waals surface area contributed by atoms with Gasteiger partial charge in [-0.1, -0.05) is 91.0 Å². The Kier molecular flexibility index (Phi) is 5.74. The fourth-order valence-electron chi connectivity index (χ4n) is 2.58. The highest BCUT2D eigenvalue weighted by Crippen LogP contribution is 2.37. The van der Waals surface area contributed by atoms with Crippen LogP contribution < -0.4 is 4.90 Å². The van der Waals surface area contributed by atoms with E-state index in [0.29, 0.717) is 14.3 Å². The van der Waals surface area contributed by atoms with E-state index in [0.717, 1.165) is 23.2 Å². The maximum atomic E-state index is 12.8. The summed E-state index contributed by atoms with van der Waals surface area (Å²) in [7, 11) is 0. The molecule has 0 atom stereocenters. The molecule has 2 nitrogen and oxygen atoms in total. The number of para-hydroxylation sites is 1. The molecular weight excluding hydrogens is 370 g/mol. The maximum absolute atomic E-state index is 12.8. The topological polar surface area (TPSA) is 20.3 Å². The molecule has 1 fully saturated rings. The van der Waals surface area contributed by atoms with Gasteiger partial charge in [0.05, 0.1) is 10.6 Å². The standard InChI is InChI=1S/C20H16ClNOS2/c1-2-15-10-6-7-11-17(15)22-19(23)18(25-20(22)24)13-16(21)12-14-8-4-3-5-9-14/h3-13H,2H2,1H3/b16-12-,18-13-. The predicted molar refractivity (Wildman–Crippen MR) is 112 cm³/mol. The number of benzene rings is 2. The molecule has 5 heteroatoms. The number of thiocarbonyl (C=S) groups is 1. The molecule has 2 aromatic carbocycles. The van der Waals surface area contributed by atoms with Crippen molar-refractivity contribution in [2.45, 2.75) is 13.3 Å². The van der Waals surface area contributed by atoms with Crippen LogP contribution in [0, 0.1) is 0 Å². The zero-order chi connectivity index (χ0) is 17.8. The molecule has 0 saturated carbocycles. The number of carbonyl (C=O) groups excluding carboxylic acids is 1. The number of nitrogens with zero attached hydrogens (tertiary/aromatic N) is 1. The van der Waals surface area contributed by atoms with E-state index in [4.69, 9.17) is 23.8 Å². The first-order valence-electron chi connectivity index (χ1n) is 7.88. The van der Waals surface area contributed by atoms with Crippen LogP contribution in [-0.2, 0) is 11.2 Å². The third-order valence-electron chi connectivity index (χ3n) is 3.78. The highest BCUT2D eigenvalue weighted by molar-refractivity contribution is 8.27. The third-order valence-corrected chi connectivity index (χ3v) is 5.30. The van der Waals surface area contributed by atoms with Crippen molar-refractivity contribution in [1.29, 1.82) is 0 Å². The van der Waals surface area contributed by atoms with Crippen LogP contribution in [-0.4, -0.2) is 10.2 Å². The number of hydrogen-bond acceptors (Lipinski definition) is 3. The lowest BCUT2D eigenvalue weighted by molar-refractivity contribution is -0.113. The second-order valence-corrected chi connectivity index (χ2v) is 7.55. The van der Waals surface area contributed by atoms with E-state index >= 15 is 0 Å². The SMILES string of the molecule is CCc1ccccc1N1C(=O)/C(=C/C(Cl)=C/c2ccccc2)SC1=S. The van der Waals surface area contributed by atoms with Crippen molar-refractivity contribution in [2.75, 3.05) is 4.90 Å². The molecule has 126 valence electrons. The molecule has 0 aliphatic carbocycles. The largest absolute Gasteiger partial charge is 0.270 e. The van der Waals surface area contributed by atoms with E-state index in [1.165, 1.54) is 11.8 Å². The van der Waals surface area contributed by atoms with Crippen LogP contribution in [0.2, 0.25) is 0 Å². The van der Waals surface area contributed by atoms with E-state index < -0.39 is 0 Å². The monoisotopic (exact) mass is 385 g/mol. The Morgan fingerprint density at radius 3 is 2.56 bits per heavy atom. The Hall–Kier alpha value is -1.88. The minimum atomic E-state index is -0.129. The lowest BCUT2D eigenvalue weighted by Crippen LogP contribution is -2.28. The number of halogens is 1. The average molecular weight is 386 g/mol. The number of hydrogen-bond donors (Lipinski definition) is 0. The van der Waals surface area contributed by atoms with Crippen LogP contribution in [0.4, 0.5) is 5.69 Å². The Bertz CT molecular complexity index is 874. The van der Waals surface area contributed by atoms with Crippen LogP contribution in [0.25, 0.3) is 6.08 Å². The molecule has 1 heterocycles. The highest BCUT2D eigenvalue weighted by atomic mass is 35.5. The normalized spacial score (nSPS) is 16.8. The van der Waals surface area contributed by atoms with Gasteiger partial charge in [0.15, 0.2) is 4.32 Å². The fraction of sp³-hybridized carbons (Fsp3) is 0.100. The van der Waals surface area contributed by atoms with Crippen molar-refractivity contribution in [1.82, 2.24) is 0 Å². The average Bonchev–Trinajstić information content (AvgIpc) is 2.89. The summed E-state index contributed by atoms with van der Waals surface area (Å²) in [6, 6.07) is 17.6. The summed E-state index contributed by atoms with van der Waals surface area (Å²) >= 11 is 13.0. The lowest BCUT2D eigenvalue weighted by atomic mass is 10.1. The van der Waals surface area contributed by atoms with E-state index in [1.54, 1.807) is 11.0 Å². The zero-order valence-electron chi connectivity index (χ0n) is 13.6. The predicted octanol–water partition coefficient (Wildman–Crippen LogP) is 5.78. The number of anilines is 1. The van der Waals surface area contributed by atoms with Crippen molar-refractivity contribution in [2.24, 2.45) is 0 Å². The van der Waals surface area contributed by atoms with Crippen LogP contribution in [0.1, 0.15) is 18.1 Å². The molecular formula is C20H16ClNOS2. The van der Waals surface area contributed by atoms with Crippen LogP contribution in [0.5, 0.6) is 0 Å². The smallest absolute Gasteiger partial charge is 0.268 e. The lowest BCUT2D eigenvalue weighted by Gasteiger charge is -2.17. The van der Waals surface area contributed by atoms with Gasteiger partial charge in [0, 0.05) is 5.03 Å². The van der Waals surface area contributed by atoms with E-state index in [1.807, 2.05) is 60.7 Å². The molecule has 1 aliphatic heterocycles. The number of thioether (sulfide) groups is 1. The van der Waals surface area contributed by atoms with Gasteiger partial charge in [-0.25, -0.2) is 0 Å². The van der Waals surface area contributed by atoms with Crippen molar-refractivity contribution in [3.05, 3.63) is 81.7 Å².